The van der Waals surface area contributed by atoms with Crippen LogP contribution in [-0.2, 0) is 23.4 Å². The molecule has 0 fully saturated rings. The van der Waals surface area contributed by atoms with Crippen molar-refractivity contribution in [1.29, 1.82) is 0 Å². The number of amides is 1. The zero-order chi connectivity index (χ0) is 22.7. The number of nitrogens with one attached hydrogen (secondary N) is 2. The van der Waals surface area contributed by atoms with E-state index in [1.54, 1.807) is 30.2 Å². The van der Waals surface area contributed by atoms with Gasteiger partial charge in [0, 0.05) is 17.1 Å². The van der Waals surface area contributed by atoms with Crippen molar-refractivity contribution in [3.05, 3.63) is 56.4 Å². The number of nitrogens with zero attached hydrogens (tertiary/aromatic N) is 1. The number of benzene rings is 1. The molecule has 1 amide bonds. The van der Waals surface area contributed by atoms with Crippen LogP contribution in [0.4, 0.5) is 0 Å². The van der Waals surface area contributed by atoms with Crippen molar-refractivity contribution in [2.45, 2.75) is 51.3 Å². The number of aromatic nitrogens is 2. The second-order valence-electron chi connectivity index (χ2n) is 8.42. The predicted molar refractivity (Wildman–Crippen MR) is 132 cm³/mol. The van der Waals surface area contributed by atoms with Crippen LogP contribution in [0.25, 0.3) is 10.2 Å². The highest BCUT2D eigenvalue weighted by Gasteiger charge is 2.21. The van der Waals surface area contributed by atoms with Crippen molar-refractivity contribution in [1.82, 2.24) is 15.3 Å². The first-order valence-electron chi connectivity index (χ1n) is 11.0. The highest BCUT2D eigenvalue weighted by molar-refractivity contribution is 7.98. The van der Waals surface area contributed by atoms with Crippen molar-refractivity contribution < 1.29 is 9.53 Å². The molecule has 1 aliphatic rings. The zero-order valence-corrected chi connectivity index (χ0v) is 20.3. The fourth-order valence-corrected chi connectivity index (χ4v) is 6.23. The summed E-state index contributed by atoms with van der Waals surface area (Å²) in [7, 11) is 1.64. The summed E-state index contributed by atoms with van der Waals surface area (Å²) >= 11 is 3.27. The molecule has 1 aromatic carbocycles. The maximum atomic E-state index is 12.6. The van der Waals surface area contributed by atoms with E-state index in [0.717, 1.165) is 40.8 Å². The van der Waals surface area contributed by atoms with Crippen LogP contribution in [0.15, 0.2) is 29.1 Å². The molecule has 1 unspecified atom stereocenters. The average molecular weight is 472 g/mol. The number of methoxy groups -OCH3 is 1. The molecule has 0 saturated carbocycles. The first-order chi connectivity index (χ1) is 15.5. The number of hydrogen-bond donors (Lipinski definition) is 2. The number of thiophene rings is 1. The van der Waals surface area contributed by atoms with E-state index < -0.39 is 0 Å². The Morgan fingerprint density at radius 2 is 2.06 bits per heavy atom. The topological polar surface area (TPSA) is 84.1 Å². The van der Waals surface area contributed by atoms with Gasteiger partial charge in [0.1, 0.15) is 16.4 Å². The third kappa shape index (κ3) is 5.02. The molecular formula is C24H29N3O3S2. The predicted octanol–water partition coefficient (Wildman–Crippen LogP) is 4.62. The van der Waals surface area contributed by atoms with E-state index >= 15 is 0 Å². The van der Waals surface area contributed by atoms with Crippen molar-refractivity contribution in [3.63, 3.8) is 0 Å². The number of aryl methyl sites for hydroxylation is 2. The minimum atomic E-state index is -0.0420. The van der Waals surface area contributed by atoms with E-state index in [1.165, 1.54) is 10.4 Å². The number of thioether (sulfide) groups is 1. The van der Waals surface area contributed by atoms with Crippen LogP contribution in [0.5, 0.6) is 5.75 Å². The first-order valence-corrected chi connectivity index (χ1v) is 13.0. The van der Waals surface area contributed by atoms with E-state index in [4.69, 9.17) is 4.74 Å². The van der Waals surface area contributed by atoms with E-state index in [2.05, 4.69) is 29.1 Å². The standard InChI is InChI=1S/C24H29N3O3S2/c1-14(2)22(15-7-9-16(30-3)10-8-15)27-20(28)11-12-31-13-19-25-23(29)21-17-5-4-6-18(17)32-24(21)26-19/h7-10,14,22H,4-6,11-13H2,1-3H3,(H,27,28)(H,25,26,29). The molecule has 2 N–H and O–H groups in total. The zero-order valence-electron chi connectivity index (χ0n) is 18.7. The third-order valence-corrected chi connectivity index (χ3v) is 7.95. The Balaban J connectivity index is 1.30. The van der Waals surface area contributed by atoms with Crippen LogP contribution in [0.1, 0.15) is 54.6 Å². The monoisotopic (exact) mass is 471 g/mol. The summed E-state index contributed by atoms with van der Waals surface area (Å²) < 4.78 is 5.22. The number of H-pyrrole nitrogens is 1. The summed E-state index contributed by atoms with van der Waals surface area (Å²) in [6.45, 7) is 4.20. The summed E-state index contributed by atoms with van der Waals surface area (Å²) in [6, 6.07) is 7.78. The number of aromatic amines is 1. The minimum absolute atomic E-state index is 0.0259. The lowest BCUT2D eigenvalue weighted by atomic mass is 9.96. The molecule has 0 aliphatic heterocycles. The lowest BCUT2D eigenvalue weighted by molar-refractivity contribution is -0.121. The van der Waals surface area contributed by atoms with E-state index in [9.17, 15) is 9.59 Å². The molecule has 3 aromatic rings. The number of carbonyl (C=O) groups excluding carboxylic acids is 1. The smallest absolute Gasteiger partial charge is 0.259 e. The maximum absolute atomic E-state index is 12.6. The van der Waals surface area contributed by atoms with Gasteiger partial charge in [0.2, 0.25) is 5.91 Å². The lowest BCUT2D eigenvalue weighted by Crippen LogP contribution is -2.31. The largest absolute Gasteiger partial charge is 0.497 e. The van der Waals surface area contributed by atoms with Crippen molar-refractivity contribution in [2.24, 2.45) is 5.92 Å². The van der Waals surface area contributed by atoms with Crippen molar-refractivity contribution in [2.75, 3.05) is 12.9 Å². The number of hydrogen-bond acceptors (Lipinski definition) is 6. The molecule has 8 heteroatoms. The second-order valence-corrected chi connectivity index (χ2v) is 10.6. The number of ether oxygens (including phenoxy) is 1. The molecule has 1 aliphatic carbocycles. The molecule has 0 radical (unpaired) electrons. The van der Waals surface area contributed by atoms with Crippen LogP contribution in [0.2, 0.25) is 0 Å². The van der Waals surface area contributed by atoms with E-state index in [-0.39, 0.29) is 23.4 Å². The Bertz CT molecular complexity index is 1150. The fourth-order valence-electron chi connectivity index (χ4n) is 4.14. The SMILES string of the molecule is COc1ccc(C(NC(=O)CCSCc2nc3sc4c(c3c(=O)[nH]2)CCC4)C(C)C)cc1. The van der Waals surface area contributed by atoms with Crippen LogP contribution in [0, 0.1) is 5.92 Å². The Hall–Kier alpha value is -2.32. The Labute approximate surface area is 196 Å². The van der Waals surface area contributed by atoms with Gasteiger partial charge in [-0.15, -0.1) is 11.3 Å². The van der Waals surface area contributed by atoms with Gasteiger partial charge in [0.05, 0.1) is 24.3 Å². The summed E-state index contributed by atoms with van der Waals surface area (Å²) in [5.74, 6) is 3.05. The molecule has 2 aromatic heterocycles. The van der Waals surface area contributed by atoms with E-state index in [1.807, 2.05) is 24.3 Å². The first kappa shape index (κ1) is 22.9. The molecule has 1 atom stereocenters. The number of carbonyl (C=O) groups is 1. The van der Waals surface area contributed by atoms with Crippen LogP contribution in [-0.4, -0.2) is 28.7 Å². The van der Waals surface area contributed by atoms with Gasteiger partial charge in [-0.25, -0.2) is 4.98 Å². The Morgan fingerprint density at radius 3 is 2.78 bits per heavy atom. The van der Waals surface area contributed by atoms with Gasteiger partial charge in [0.25, 0.3) is 5.56 Å². The van der Waals surface area contributed by atoms with Crippen LogP contribution < -0.4 is 15.6 Å². The van der Waals surface area contributed by atoms with Gasteiger partial charge in [-0.05, 0) is 48.4 Å². The Kier molecular flexibility index (Phi) is 7.20. The fraction of sp³-hybridized carbons (Fsp3) is 0.458. The molecule has 0 saturated heterocycles. The van der Waals surface area contributed by atoms with Gasteiger partial charge in [-0.3, -0.25) is 9.59 Å². The van der Waals surface area contributed by atoms with Crippen molar-refractivity contribution in [3.8, 4) is 5.75 Å². The average Bonchev–Trinajstić information content (AvgIpc) is 3.36. The molecule has 6 nitrogen and oxygen atoms in total. The van der Waals surface area contributed by atoms with Gasteiger partial charge in [-0.2, -0.15) is 11.8 Å². The van der Waals surface area contributed by atoms with Crippen LogP contribution in [0.3, 0.4) is 0 Å². The highest BCUT2D eigenvalue weighted by atomic mass is 32.2. The highest BCUT2D eigenvalue weighted by Crippen LogP contribution is 2.34. The van der Waals surface area contributed by atoms with Gasteiger partial charge >= 0.3 is 0 Å². The molecule has 170 valence electrons. The number of rotatable bonds is 9. The summed E-state index contributed by atoms with van der Waals surface area (Å²) in [6.07, 6.45) is 3.59. The van der Waals surface area contributed by atoms with Gasteiger partial charge < -0.3 is 15.0 Å². The lowest BCUT2D eigenvalue weighted by Gasteiger charge is -2.23. The molecule has 32 heavy (non-hydrogen) atoms. The summed E-state index contributed by atoms with van der Waals surface area (Å²) in [5, 5.41) is 3.95. The van der Waals surface area contributed by atoms with Crippen LogP contribution >= 0.6 is 23.1 Å². The molecular weight excluding hydrogens is 442 g/mol. The molecule has 0 bridgehead atoms. The maximum Gasteiger partial charge on any atom is 0.259 e. The van der Waals surface area contributed by atoms with Crippen molar-refractivity contribution >= 4 is 39.2 Å². The Morgan fingerprint density at radius 1 is 1.28 bits per heavy atom. The molecule has 0 spiro atoms. The van der Waals surface area contributed by atoms with Gasteiger partial charge in [-0.1, -0.05) is 26.0 Å². The third-order valence-electron chi connectivity index (χ3n) is 5.79. The molecule has 2 heterocycles. The van der Waals surface area contributed by atoms with Gasteiger partial charge in [0.15, 0.2) is 0 Å². The quantitative estimate of drug-likeness (QED) is 0.445. The summed E-state index contributed by atoms with van der Waals surface area (Å²) in [5.41, 5.74) is 2.24. The summed E-state index contributed by atoms with van der Waals surface area (Å²) in [4.78, 5) is 34.9. The normalized spacial score (nSPS) is 14.0. The second kappa shape index (κ2) is 10.1. The van der Waals surface area contributed by atoms with E-state index in [0.29, 0.717) is 23.8 Å². The number of fused-ring (bicyclic) bond motifs is 3. The molecule has 4 rings (SSSR count). The minimum Gasteiger partial charge on any atom is -0.497 e.